The highest BCUT2D eigenvalue weighted by Gasteiger charge is 2.15. The highest BCUT2D eigenvalue weighted by atomic mass is 16.5. The third kappa shape index (κ3) is 7.54. The average molecular weight is 425 g/mol. The standard InChI is InChI=1S/C14H13NO.C7H8O2.C3H8.C2H7N/c1-9-5-4-7-10-13(9)14-11(15-10)6-2-3-8-12(14)16;1-9-7-5-3-2-4-6(7)8;1-3-2;1-2-3/h2,4-8,15-16H,3H2,1H3;2-5,8H,1H3;3H2,1-2H3;2-3H2,1H3. The number of ether oxygens (including phenoxy) is 1. The molecule has 0 unspecified atom stereocenters. The number of para-hydroxylation sites is 2. The number of rotatable bonds is 1. The maximum Gasteiger partial charge on any atom is 0.160 e. The molecule has 0 saturated carbocycles. The SMILES string of the molecule is CCC.CCN.COc1ccccc1O.Cc1cccc2[nH]c3c(c12)C(O)=CCC=C3. The van der Waals surface area contributed by atoms with Crippen LogP contribution in [0.5, 0.6) is 11.5 Å². The number of fused-ring (bicyclic) bond motifs is 3. The molecule has 0 fully saturated rings. The summed E-state index contributed by atoms with van der Waals surface area (Å²) in [6.45, 7) is 8.97. The van der Waals surface area contributed by atoms with E-state index >= 15 is 0 Å². The number of nitrogens with one attached hydrogen (secondary N) is 1. The first-order valence-electron chi connectivity index (χ1n) is 10.6. The van der Waals surface area contributed by atoms with Gasteiger partial charge in [0.2, 0.25) is 0 Å². The number of hydrogen-bond acceptors (Lipinski definition) is 4. The molecule has 3 aromatic rings. The topological polar surface area (TPSA) is 91.5 Å². The van der Waals surface area contributed by atoms with Crippen LogP contribution >= 0.6 is 0 Å². The Kier molecular flexibility index (Phi) is 11.6. The number of phenols is 1. The first-order valence-corrected chi connectivity index (χ1v) is 10.6. The lowest BCUT2D eigenvalue weighted by Crippen LogP contribution is -1.87. The lowest BCUT2D eigenvalue weighted by atomic mass is 10.0. The zero-order chi connectivity index (χ0) is 23.2. The van der Waals surface area contributed by atoms with Gasteiger partial charge in [-0.2, -0.15) is 0 Å². The molecular formula is C26H36N2O3. The molecule has 5 nitrogen and oxygen atoms in total. The van der Waals surface area contributed by atoms with Crippen LogP contribution in [0.15, 0.2) is 54.6 Å². The molecule has 1 aliphatic carbocycles. The minimum absolute atomic E-state index is 0.181. The van der Waals surface area contributed by atoms with Gasteiger partial charge in [0.25, 0.3) is 0 Å². The Hall–Kier alpha value is -3.18. The Balaban J connectivity index is 0.000000272. The van der Waals surface area contributed by atoms with Gasteiger partial charge in [0, 0.05) is 22.2 Å². The summed E-state index contributed by atoms with van der Waals surface area (Å²) in [7, 11) is 1.52. The van der Waals surface area contributed by atoms with Gasteiger partial charge < -0.3 is 25.7 Å². The number of allylic oxidation sites excluding steroid dienone is 2. The fourth-order valence-corrected chi connectivity index (χ4v) is 2.93. The summed E-state index contributed by atoms with van der Waals surface area (Å²) in [5.74, 6) is 1.07. The lowest BCUT2D eigenvalue weighted by molar-refractivity contribution is 0.373. The van der Waals surface area contributed by atoms with E-state index in [1.165, 1.54) is 19.1 Å². The number of aliphatic hydroxyl groups excluding tert-OH is 1. The van der Waals surface area contributed by atoms with E-state index in [0.29, 0.717) is 11.5 Å². The van der Waals surface area contributed by atoms with E-state index in [1.54, 1.807) is 24.3 Å². The minimum Gasteiger partial charge on any atom is -0.508 e. The van der Waals surface area contributed by atoms with Crippen LogP contribution in [0, 0.1) is 6.92 Å². The summed E-state index contributed by atoms with van der Waals surface area (Å²) in [6, 6.07) is 13.0. The largest absolute Gasteiger partial charge is 0.508 e. The molecule has 5 N–H and O–H groups in total. The molecule has 4 rings (SSSR count). The molecule has 0 spiro atoms. The number of methoxy groups -OCH3 is 1. The molecule has 1 aliphatic rings. The summed E-state index contributed by atoms with van der Waals surface area (Å²) in [4.78, 5) is 3.34. The predicted octanol–water partition coefficient (Wildman–Crippen LogP) is 6.57. The first-order chi connectivity index (χ1) is 14.9. The number of aliphatic hydroxyl groups is 1. The Morgan fingerprint density at radius 3 is 2.26 bits per heavy atom. The van der Waals surface area contributed by atoms with Crippen LogP contribution in [-0.2, 0) is 0 Å². The Bertz CT molecular complexity index is 985. The van der Waals surface area contributed by atoms with Crippen molar-refractivity contribution in [2.24, 2.45) is 5.73 Å². The second kappa shape index (κ2) is 13.9. The molecule has 0 radical (unpaired) electrons. The maximum atomic E-state index is 10.1. The number of aromatic hydroxyl groups is 1. The zero-order valence-corrected chi connectivity index (χ0v) is 19.3. The average Bonchev–Trinajstić information content (AvgIpc) is 3.04. The summed E-state index contributed by atoms with van der Waals surface area (Å²) in [6.07, 6.45) is 7.96. The highest BCUT2D eigenvalue weighted by Crippen LogP contribution is 2.32. The van der Waals surface area contributed by atoms with Gasteiger partial charge in [0.1, 0.15) is 5.76 Å². The van der Waals surface area contributed by atoms with E-state index in [4.69, 9.17) is 15.6 Å². The number of benzene rings is 2. The van der Waals surface area contributed by atoms with E-state index in [2.05, 4.69) is 31.8 Å². The van der Waals surface area contributed by atoms with Crippen LogP contribution in [0.1, 0.15) is 50.4 Å². The van der Waals surface area contributed by atoms with Crippen molar-refractivity contribution in [1.29, 1.82) is 0 Å². The summed E-state index contributed by atoms with van der Waals surface area (Å²) < 4.78 is 4.79. The molecular weight excluding hydrogens is 388 g/mol. The molecule has 0 bridgehead atoms. The van der Waals surface area contributed by atoms with Crippen molar-refractivity contribution >= 4 is 22.7 Å². The van der Waals surface area contributed by atoms with E-state index in [-0.39, 0.29) is 5.75 Å². The van der Waals surface area contributed by atoms with E-state index in [1.807, 2.05) is 37.3 Å². The molecule has 1 aromatic heterocycles. The summed E-state index contributed by atoms with van der Waals surface area (Å²) in [5.41, 5.74) is 9.04. The zero-order valence-electron chi connectivity index (χ0n) is 19.3. The normalized spacial score (nSPS) is 11.4. The van der Waals surface area contributed by atoms with Crippen LogP contribution in [-0.4, -0.2) is 28.9 Å². The van der Waals surface area contributed by atoms with Crippen LogP contribution in [0.2, 0.25) is 0 Å². The highest BCUT2D eigenvalue weighted by molar-refractivity contribution is 5.97. The fourth-order valence-electron chi connectivity index (χ4n) is 2.93. The monoisotopic (exact) mass is 424 g/mol. The van der Waals surface area contributed by atoms with E-state index in [0.717, 1.165) is 35.1 Å². The molecule has 0 aliphatic heterocycles. The Morgan fingerprint density at radius 2 is 1.68 bits per heavy atom. The van der Waals surface area contributed by atoms with Gasteiger partial charge in [-0.3, -0.25) is 0 Å². The smallest absolute Gasteiger partial charge is 0.160 e. The minimum atomic E-state index is 0.181. The van der Waals surface area contributed by atoms with Gasteiger partial charge in [0.05, 0.1) is 7.11 Å². The first kappa shape index (κ1) is 25.9. The van der Waals surface area contributed by atoms with Crippen LogP contribution in [0.4, 0.5) is 0 Å². The fraction of sp³-hybridized carbons (Fsp3) is 0.308. The van der Waals surface area contributed by atoms with Gasteiger partial charge in [-0.15, -0.1) is 0 Å². The number of aryl methyl sites for hydroxylation is 1. The quantitative estimate of drug-likeness (QED) is 0.355. The van der Waals surface area contributed by atoms with Crippen molar-refractivity contribution in [3.63, 3.8) is 0 Å². The van der Waals surface area contributed by atoms with Gasteiger partial charge >= 0.3 is 0 Å². The van der Waals surface area contributed by atoms with Gasteiger partial charge in [-0.05, 0) is 55.8 Å². The lowest BCUT2D eigenvalue weighted by Gasteiger charge is -2.01. The second-order valence-electron chi connectivity index (χ2n) is 6.93. The van der Waals surface area contributed by atoms with Crippen LogP contribution in [0.3, 0.4) is 0 Å². The summed E-state index contributed by atoms with van der Waals surface area (Å²) in [5, 5.41) is 20.2. The molecule has 0 saturated heterocycles. The van der Waals surface area contributed by atoms with E-state index < -0.39 is 0 Å². The van der Waals surface area contributed by atoms with Crippen molar-refractivity contribution in [2.45, 2.75) is 40.5 Å². The van der Waals surface area contributed by atoms with Crippen molar-refractivity contribution in [1.82, 2.24) is 4.98 Å². The van der Waals surface area contributed by atoms with Crippen molar-refractivity contribution in [2.75, 3.05) is 13.7 Å². The molecule has 31 heavy (non-hydrogen) atoms. The molecule has 0 amide bonds. The second-order valence-corrected chi connectivity index (χ2v) is 6.93. The molecule has 0 atom stereocenters. The van der Waals surface area contributed by atoms with Crippen molar-refractivity contribution in [3.8, 4) is 11.5 Å². The number of nitrogens with two attached hydrogens (primary N) is 1. The molecule has 2 aromatic carbocycles. The summed E-state index contributed by atoms with van der Waals surface area (Å²) >= 11 is 0. The van der Waals surface area contributed by atoms with E-state index in [9.17, 15) is 5.11 Å². The van der Waals surface area contributed by atoms with Crippen LogP contribution < -0.4 is 10.5 Å². The Morgan fingerprint density at radius 1 is 1.03 bits per heavy atom. The molecule has 5 heteroatoms. The number of phenolic OH excluding ortho intramolecular Hbond substituents is 1. The third-order valence-electron chi connectivity index (χ3n) is 4.13. The molecule has 168 valence electrons. The van der Waals surface area contributed by atoms with Crippen molar-refractivity contribution < 1.29 is 14.9 Å². The number of aromatic amines is 1. The van der Waals surface area contributed by atoms with Gasteiger partial charge in [-0.25, -0.2) is 0 Å². The van der Waals surface area contributed by atoms with Gasteiger partial charge in [-0.1, -0.05) is 57.5 Å². The maximum absolute atomic E-state index is 10.1. The molecule has 1 heterocycles. The van der Waals surface area contributed by atoms with Gasteiger partial charge in [0.15, 0.2) is 11.5 Å². The Labute approximate surface area is 185 Å². The third-order valence-corrected chi connectivity index (χ3v) is 4.13. The van der Waals surface area contributed by atoms with Crippen molar-refractivity contribution in [3.05, 3.63) is 71.4 Å². The number of H-pyrrole nitrogens is 1. The van der Waals surface area contributed by atoms with Crippen LogP contribution in [0.25, 0.3) is 22.7 Å². The predicted molar refractivity (Wildman–Crippen MR) is 133 cm³/mol. The number of hydrogen-bond donors (Lipinski definition) is 4. The number of aromatic nitrogens is 1.